The van der Waals surface area contributed by atoms with E-state index in [1.54, 1.807) is 30.9 Å². The van der Waals surface area contributed by atoms with Gasteiger partial charge in [-0.2, -0.15) is 0 Å². The third-order valence-corrected chi connectivity index (χ3v) is 2.76. The molecule has 2 aromatic rings. The van der Waals surface area contributed by atoms with E-state index < -0.39 is 0 Å². The molecule has 0 atom stereocenters. The minimum absolute atomic E-state index is 0.137. The molecule has 0 spiro atoms. The van der Waals surface area contributed by atoms with Gasteiger partial charge in [0.25, 0.3) is 5.91 Å². The fourth-order valence-corrected chi connectivity index (χ4v) is 1.72. The summed E-state index contributed by atoms with van der Waals surface area (Å²) in [5, 5.41) is 6.06. The Labute approximate surface area is 118 Å². The summed E-state index contributed by atoms with van der Waals surface area (Å²) in [4.78, 5) is 20.1. The van der Waals surface area contributed by atoms with E-state index in [0.29, 0.717) is 12.1 Å². The average Bonchev–Trinajstić information content (AvgIpc) is 2.52. The molecule has 5 heteroatoms. The first kappa shape index (κ1) is 14.0. The Morgan fingerprint density at radius 3 is 2.90 bits per heavy atom. The van der Waals surface area contributed by atoms with E-state index in [0.717, 1.165) is 24.2 Å². The van der Waals surface area contributed by atoms with Crippen LogP contribution in [0.1, 0.15) is 29.3 Å². The van der Waals surface area contributed by atoms with E-state index in [9.17, 15) is 4.79 Å². The van der Waals surface area contributed by atoms with Gasteiger partial charge in [-0.05, 0) is 24.1 Å². The number of hydrogen-bond acceptors (Lipinski definition) is 4. The Balaban J connectivity index is 1.95. The second kappa shape index (κ2) is 7.23. The number of anilines is 1. The Kier molecular flexibility index (Phi) is 5.06. The number of carbonyl (C=O) groups excluding carboxylic acids is 1. The molecule has 0 aliphatic heterocycles. The highest BCUT2D eigenvalue weighted by Crippen LogP contribution is 2.08. The number of amides is 1. The smallest absolute Gasteiger partial charge is 0.253 e. The van der Waals surface area contributed by atoms with Crippen LogP contribution in [-0.4, -0.2) is 22.4 Å². The summed E-state index contributed by atoms with van der Waals surface area (Å²) < 4.78 is 0. The molecule has 2 heterocycles. The Morgan fingerprint density at radius 2 is 2.15 bits per heavy atom. The Hall–Kier alpha value is -2.43. The molecule has 0 aliphatic rings. The van der Waals surface area contributed by atoms with Gasteiger partial charge in [-0.15, -0.1) is 0 Å². The van der Waals surface area contributed by atoms with Gasteiger partial charge >= 0.3 is 0 Å². The molecule has 0 unspecified atom stereocenters. The number of rotatable bonds is 6. The van der Waals surface area contributed by atoms with Crippen molar-refractivity contribution in [2.75, 3.05) is 11.9 Å². The van der Waals surface area contributed by atoms with Crippen LogP contribution in [0.2, 0.25) is 0 Å². The van der Waals surface area contributed by atoms with Gasteiger partial charge in [-0.1, -0.05) is 13.0 Å². The fraction of sp³-hybridized carbons (Fsp3) is 0.267. The third kappa shape index (κ3) is 4.05. The molecule has 20 heavy (non-hydrogen) atoms. The Morgan fingerprint density at radius 1 is 1.25 bits per heavy atom. The molecule has 0 saturated heterocycles. The molecular formula is C15H18N4O. The van der Waals surface area contributed by atoms with Crippen LogP contribution in [-0.2, 0) is 6.54 Å². The Bertz CT molecular complexity index is 557. The summed E-state index contributed by atoms with van der Waals surface area (Å²) >= 11 is 0. The van der Waals surface area contributed by atoms with Crippen molar-refractivity contribution >= 4 is 11.6 Å². The summed E-state index contributed by atoms with van der Waals surface area (Å²) in [7, 11) is 0. The summed E-state index contributed by atoms with van der Waals surface area (Å²) in [5.41, 5.74) is 2.38. The molecule has 0 saturated carbocycles. The quantitative estimate of drug-likeness (QED) is 0.844. The number of nitrogens with zero attached hydrogens (tertiary/aromatic N) is 2. The largest absolute Gasteiger partial charge is 0.384 e. The van der Waals surface area contributed by atoms with Crippen molar-refractivity contribution < 1.29 is 4.79 Å². The molecule has 5 nitrogen and oxygen atoms in total. The first-order chi connectivity index (χ1) is 9.79. The lowest BCUT2D eigenvalue weighted by Crippen LogP contribution is -2.23. The lowest BCUT2D eigenvalue weighted by atomic mass is 10.2. The van der Waals surface area contributed by atoms with Gasteiger partial charge in [-0.3, -0.25) is 14.8 Å². The van der Waals surface area contributed by atoms with Gasteiger partial charge in [0, 0.05) is 37.9 Å². The maximum atomic E-state index is 12.0. The van der Waals surface area contributed by atoms with Crippen molar-refractivity contribution in [3.8, 4) is 0 Å². The highest BCUT2D eigenvalue weighted by Gasteiger charge is 2.06. The molecule has 2 aromatic heterocycles. The molecule has 2 N–H and O–H groups in total. The SMILES string of the molecule is CCCNc1cncc(C(=O)NCc2cccnc2)c1. The molecule has 0 radical (unpaired) electrons. The van der Waals surface area contributed by atoms with Crippen LogP contribution in [0.3, 0.4) is 0 Å². The predicted octanol–water partition coefficient (Wildman–Crippen LogP) is 2.23. The molecule has 0 fully saturated rings. The van der Waals surface area contributed by atoms with Gasteiger partial charge in [-0.25, -0.2) is 0 Å². The summed E-state index contributed by atoms with van der Waals surface area (Å²) in [6.45, 7) is 3.41. The molecule has 0 aromatic carbocycles. The zero-order chi connectivity index (χ0) is 14.2. The maximum Gasteiger partial charge on any atom is 0.253 e. The summed E-state index contributed by atoms with van der Waals surface area (Å²) in [6.07, 6.45) is 7.75. The van der Waals surface area contributed by atoms with Crippen LogP contribution in [0.15, 0.2) is 43.0 Å². The highest BCUT2D eigenvalue weighted by molar-refractivity contribution is 5.94. The topological polar surface area (TPSA) is 66.9 Å². The van der Waals surface area contributed by atoms with Crippen molar-refractivity contribution in [3.63, 3.8) is 0 Å². The van der Waals surface area contributed by atoms with Crippen molar-refractivity contribution in [1.29, 1.82) is 0 Å². The zero-order valence-electron chi connectivity index (χ0n) is 11.5. The fourth-order valence-electron chi connectivity index (χ4n) is 1.72. The number of carbonyl (C=O) groups is 1. The van der Waals surface area contributed by atoms with Crippen LogP contribution < -0.4 is 10.6 Å². The van der Waals surface area contributed by atoms with E-state index in [2.05, 4.69) is 27.5 Å². The van der Waals surface area contributed by atoms with Crippen molar-refractivity contribution in [1.82, 2.24) is 15.3 Å². The van der Waals surface area contributed by atoms with Gasteiger partial charge < -0.3 is 10.6 Å². The molecule has 2 rings (SSSR count). The maximum absolute atomic E-state index is 12.0. The van der Waals surface area contributed by atoms with E-state index in [-0.39, 0.29) is 5.91 Å². The first-order valence-electron chi connectivity index (χ1n) is 6.65. The van der Waals surface area contributed by atoms with Gasteiger partial charge in [0.1, 0.15) is 0 Å². The molecule has 104 valence electrons. The second-order valence-electron chi connectivity index (χ2n) is 4.43. The standard InChI is InChI=1S/C15H18N4O/c1-2-5-18-14-7-13(10-17-11-14)15(20)19-9-12-4-3-6-16-8-12/h3-4,6-8,10-11,18H,2,5,9H2,1H3,(H,19,20). The number of nitrogens with one attached hydrogen (secondary N) is 2. The molecular weight excluding hydrogens is 252 g/mol. The minimum atomic E-state index is -0.137. The summed E-state index contributed by atoms with van der Waals surface area (Å²) in [6, 6.07) is 5.57. The summed E-state index contributed by atoms with van der Waals surface area (Å²) in [5.74, 6) is -0.137. The zero-order valence-corrected chi connectivity index (χ0v) is 11.5. The van der Waals surface area contributed by atoms with E-state index in [1.165, 1.54) is 0 Å². The van der Waals surface area contributed by atoms with Crippen LogP contribution in [0, 0.1) is 0 Å². The lowest BCUT2D eigenvalue weighted by Gasteiger charge is -2.07. The van der Waals surface area contributed by atoms with Gasteiger partial charge in [0.2, 0.25) is 0 Å². The van der Waals surface area contributed by atoms with Crippen molar-refractivity contribution in [2.45, 2.75) is 19.9 Å². The average molecular weight is 270 g/mol. The van der Waals surface area contributed by atoms with Crippen LogP contribution in [0.4, 0.5) is 5.69 Å². The van der Waals surface area contributed by atoms with Gasteiger partial charge in [0.15, 0.2) is 0 Å². The number of aromatic nitrogens is 2. The molecule has 1 amide bonds. The number of pyridine rings is 2. The normalized spacial score (nSPS) is 10.1. The van der Waals surface area contributed by atoms with E-state index >= 15 is 0 Å². The predicted molar refractivity (Wildman–Crippen MR) is 78.4 cm³/mol. The minimum Gasteiger partial charge on any atom is -0.384 e. The third-order valence-electron chi connectivity index (χ3n) is 2.76. The highest BCUT2D eigenvalue weighted by atomic mass is 16.1. The van der Waals surface area contributed by atoms with Crippen molar-refractivity contribution in [2.24, 2.45) is 0 Å². The second-order valence-corrected chi connectivity index (χ2v) is 4.43. The molecule has 0 bridgehead atoms. The van der Waals surface area contributed by atoms with Crippen LogP contribution >= 0.6 is 0 Å². The molecule has 0 aliphatic carbocycles. The lowest BCUT2D eigenvalue weighted by molar-refractivity contribution is 0.0950. The van der Waals surface area contributed by atoms with E-state index in [1.807, 2.05) is 12.1 Å². The van der Waals surface area contributed by atoms with Crippen LogP contribution in [0.5, 0.6) is 0 Å². The monoisotopic (exact) mass is 270 g/mol. The van der Waals surface area contributed by atoms with E-state index in [4.69, 9.17) is 0 Å². The first-order valence-corrected chi connectivity index (χ1v) is 6.65. The van der Waals surface area contributed by atoms with Gasteiger partial charge in [0.05, 0.1) is 11.3 Å². The van der Waals surface area contributed by atoms with Crippen LogP contribution in [0.25, 0.3) is 0 Å². The number of hydrogen-bond donors (Lipinski definition) is 2. The van der Waals surface area contributed by atoms with Crippen molar-refractivity contribution in [3.05, 3.63) is 54.1 Å².